The maximum Gasteiger partial charge on any atom is 0.119 e. The van der Waals surface area contributed by atoms with Gasteiger partial charge in [0.25, 0.3) is 0 Å². The molecular weight excluding hydrogens is 262 g/mol. The molecule has 2 unspecified atom stereocenters. The Hall–Kier alpha value is -1.06. The summed E-state index contributed by atoms with van der Waals surface area (Å²) in [5, 5.41) is 3.59. The SMILES string of the molecule is CCNC1CCCCCC1Oc1ccc(CCOC)cc1. The second-order valence-corrected chi connectivity index (χ2v) is 5.85. The van der Waals surface area contributed by atoms with E-state index in [4.69, 9.17) is 9.47 Å². The van der Waals surface area contributed by atoms with Gasteiger partial charge in [-0.2, -0.15) is 0 Å². The molecule has 0 aromatic heterocycles. The van der Waals surface area contributed by atoms with Gasteiger partial charge >= 0.3 is 0 Å². The Morgan fingerprint density at radius 1 is 1.10 bits per heavy atom. The summed E-state index contributed by atoms with van der Waals surface area (Å²) in [7, 11) is 1.74. The third kappa shape index (κ3) is 5.33. The van der Waals surface area contributed by atoms with Crippen LogP contribution in [0.25, 0.3) is 0 Å². The topological polar surface area (TPSA) is 30.5 Å². The number of benzene rings is 1. The molecule has 0 amide bonds. The molecule has 1 aliphatic rings. The molecule has 118 valence electrons. The lowest BCUT2D eigenvalue weighted by atomic mass is 10.1. The van der Waals surface area contributed by atoms with Crippen LogP contribution in [0.15, 0.2) is 24.3 Å². The van der Waals surface area contributed by atoms with Crippen molar-refractivity contribution in [3.8, 4) is 5.75 Å². The van der Waals surface area contributed by atoms with Gasteiger partial charge < -0.3 is 14.8 Å². The highest BCUT2D eigenvalue weighted by Crippen LogP contribution is 2.23. The maximum absolute atomic E-state index is 6.27. The second-order valence-electron chi connectivity index (χ2n) is 5.85. The molecule has 1 N–H and O–H groups in total. The van der Waals surface area contributed by atoms with Crippen LogP contribution >= 0.6 is 0 Å². The van der Waals surface area contributed by atoms with Crippen molar-refractivity contribution >= 4 is 0 Å². The van der Waals surface area contributed by atoms with Crippen LogP contribution in [-0.4, -0.2) is 32.4 Å². The normalized spacial score (nSPS) is 22.8. The third-order valence-corrected chi connectivity index (χ3v) is 4.22. The van der Waals surface area contributed by atoms with E-state index in [-0.39, 0.29) is 0 Å². The fraction of sp³-hybridized carbons (Fsp3) is 0.667. The van der Waals surface area contributed by atoms with Crippen LogP contribution in [0.3, 0.4) is 0 Å². The van der Waals surface area contributed by atoms with Crippen molar-refractivity contribution in [1.82, 2.24) is 5.32 Å². The van der Waals surface area contributed by atoms with Crippen LogP contribution in [0.5, 0.6) is 5.75 Å². The van der Waals surface area contributed by atoms with E-state index in [0.717, 1.165) is 31.7 Å². The van der Waals surface area contributed by atoms with Crippen molar-refractivity contribution in [2.45, 2.75) is 57.6 Å². The molecule has 3 heteroatoms. The Balaban J connectivity index is 1.94. The fourth-order valence-corrected chi connectivity index (χ4v) is 3.04. The van der Waals surface area contributed by atoms with Gasteiger partial charge in [0.1, 0.15) is 11.9 Å². The molecule has 3 nitrogen and oxygen atoms in total. The van der Waals surface area contributed by atoms with Crippen LogP contribution in [-0.2, 0) is 11.2 Å². The average Bonchev–Trinajstić information content (AvgIpc) is 2.73. The molecule has 0 radical (unpaired) electrons. The Labute approximate surface area is 129 Å². The van der Waals surface area contributed by atoms with Crippen molar-refractivity contribution in [1.29, 1.82) is 0 Å². The molecule has 1 fully saturated rings. The van der Waals surface area contributed by atoms with Crippen LogP contribution in [0.2, 0.25) is 0 Å². The molecule has 2 rings (SSSR count). The lowest BCUT2D eigenvalue weighted by Crippen LogP contribution is -2.42. The Bertz CT molecular complexity index is 391. The molecular formula is C18H29NO2. The Morgan fingerprint density at radius 2 is 1.86 bits per heavy atom. The summed E-state index contributed by atoms with van der Waals surface area (Å²) in [4.78, 5) is 0. The molecule has 1 aromatic rings. The van der Waals surface area contributed by atoms with E-state index >= 15 is 0 Å². The van der Waals surface area contributed by atoms with E-state index in [2.05, 4.69) is 36.5 Å². The molecule has 0 saturated heterocycles. The minimum absolute atomic E-state index is 0.303. The Kier molecular flexibility index (Phi) is 7.04. The molecule has 0 aliphatic heterocycles. The van der Waals surface area contributed by atoms with Gasteiger partial charge in [-0.25, -0.2) is 0 Å². The Morgan fingerprint density at radius 3 is 2.57 bits per heavy atom. The minimum atomic E-state index is 0.303. The molecule has 1 saturated carbocycles. The van der Waals surface area contributed by atoms with Gasteiger partial charge in [0.05, 0.1) is 6.61 Å². The molecule has 0 heterocycles. The van der Waals surface area contributed by atoms with Gasteiger partial charge in [-0.15, -0.1) is 0 Å². The first-order valence-corrected chi connectivity index (χ1v) is 8.31. The number of ether oxygens (including phenoxy) is 2. The largest absolute Gasteiger partial charge is 0.489 e. The summed E-state index contributed by atoms with van der Waals surface area (Å²) in [6.45, 7) is 3.96. The highest BCUT2D eigenvalue weighted by Gasteiger charge is 2.24. The summed E-state index contributed by atoms with van der Waals surface area (Å²) < 4.78 is 11.4. The van der Waals surface area contributed by atoms with E-state index in [1.165, 1.54) is 31.2 Å². The van der Waals surface area contributed by atoms with Crippen LogP contribution < -0.4 is 10.1 Å². The van der Waals surface area contributed by atoms with E-state index < -0.39 is 0 Å². The number of likely N-dealkylation sites (N-methyl/N-ethyl adjacent to an activating group) is 1. The van der Waals surface area contributed by atoms with Gasteiger partial charge in [0.2, 0.25) is 0 Å². The van der Waals surface area contributed by atoms with E-state index in [1.54, 1.807) is 7.11 Å². The van der Waals surface area contributed by atoms with E-state index in [1.807, 2.05) is 0 Å². The average molecular weight is 291 g/mol. The first-order chi connectivity index (χ1) is 10.3. The summed E-state index contributed by atoms with van der Waals surface area (Å²) >= 11 is 0. The zero-order valence-electron chi connectivity index (χ0n) is 13.4. The molecule has 1 aromatic carbocycles. The van der Waals surface area contributed by atoms with Crippen LogP contribution in [0, 0.1) is 0 Å². The van der Waals surface area contributed by atoms with Crippen molar-refractivity contribution < 1.29 is 9.47 Å². The number of rotatable bonds is 7. The highest BCUT2D eigenvalue weighted by molar-refractivity contribution is 5.27. The smallest absolute Gasteiger partial charge is 0.119 e. The summed E-state index contributed by atoms with van der Waals surface area (Å²) in [5.74, 6) is 0.992. The number of hydrogen-bond donors (Lipinski definition) is 1. The number of methoxy groups -OCH3 is 1. The molecule has 2 atom stereocenters. The van der Waals surface area contributed by atoms with E-state index in [9.17, 15) is 0 Å². The second kappa shape index (κ2) is 9.06. The van der Waals surface area contributed by atoms with E-state index in [0.29, 0.717) is 12.1 Å². The zero-order chi connectivity index (χ0) is 14.9. The van der Waals surface area contributed by atoms with Gasteiger partial charge in [-0.1, -0.05) is 31.9 Å². The maximum atomic E-state index is 6.27. The number of hydrogen-bond acceptors (Lipinski definition) is 3. The van der Waals surface area contributed by atoms with Crippen molar-refractivity contribution in [2.24, 2.45) is 0 Å². The molecule has 21 heavy (non-hydrogen) atoms. The van der Waals surface area contributed by atoms with Crippen LogP contribution in [0.4, 0.5) is 0 Å². The zero-order valence-corrected chi connectivity index (χ0v) is 13.4. The number of nitrogens with one attached hydrogen (secondary N) is 1. The monoisotopic (exact) mass is 291 g/mol. The first-order valence-electron chi connectivity index (χ1n) is 8.31. The summed E-state index contributed by atoms with van der Waals surface area (Å²) in [6.07, 6.45) is 7.56. The lowest BCUT2D eigenvalue weighted by Gasteiger charge is -2.27. The van der Waals surface area contributed by atoms with Crippen molar-refractivity contribution in [2.75, 3.05) is 20.3 Å². The quantitative estimate of drug-likeness (QED) is 0.779. The fourth-order valence-electron chi connectivity index (χ4n) is 3.04. The third-order valence-electron chi connectivity index (χ3n) is 4.22. The minimum Gasteiger partial charge on any atom is -0.489 e. The van der Waals surface area contributed by atoms with Gasteiger partial charge in [-0.3, -0.25) is 0 Å². The standard InChI is InChI=1S/C18H29NO2/c1-3-19-17-7-5-4-6-8-18(17)21-16-11-9-15(10-12-16)13-14-20-2/h9-12,17-19H,3-8,13-14H2,1-2H3. The summed E-state index contributed by atoms with van der Waals surface area (Å²) in [5.41, 5.74) is 1.30. The molecule has 0 spiro atoms. The van der Waals surface area contributed by atoms with Crippen LogP contribution in [0.1, 0.15) is 44.6 Å². The van der Waals surface area contributed by atoms with Gasteiger partial charge in [0.15, 0.2) is 0 Å². The molecule has 1 aliphatic carbocycles. The lowest BCUT2D eigenvalue weighted by molar-refractivity contribution is 0.145. The highest BCUT2D eigenvalue weighted by atomic mass is 16.5. The molecule has 0 bridgehead atoms. The predicted molar refractivity (Wildman–Crippen MR) is 87.0 cm³/mol. The predicted octanol–water partition coefficient (Wildman–Crippen LogP) is 3.57. The summed E-state index contributed by atoms with van der Waals surface area (Å²) in [6, 6.07) is 8.98. The van der Waals surface area contributed by atoms with Gasteiger partial charge in [-0.05, 0) is 49.9 Å². The van der Waals surface area contributed by atoms with Gasteiger partial charge in [0, 0.05) is 13.2 Å². The van der Waals surface area contributed by atoms with Crippen molar-refractivity contribution in [3.05, 3.63) is 29.8 Å². The van der Waals surface area contributed by atoms with Crippen molar-refractivity contribution in [3.63, 3.8) is 0 Å². The first kappa shape index (κ1) is 16.3.